The predicted octanol–water partition coefficient (Wildman–Crippen LogP) is 4.55. The lowest BCUT2D eigenvalue weighted by Gasteiger charge is -2.31. The summed E-state index contributed by atoms with van der Waals surface area (Å²) in [5.74, 6) is 0. The first kappa shape index (κ1) is 43.3. The SMILES string of the molecule is CCCCCCCCCCCCCC[N+](C)(C)CCCCCC[N+](C)(C)CCCCCCCCCC.[Br-].[Br-]. The maximum absolute atomic E-state index is 2.46. The van der Waals surface area contributed by atoms with Gasteiger partial charge in [0.05, 0.1) is 54.4 Å². The van der Waals surface area contributed by atoms with E-state index in [1.165, 1.54) is 189 Å². The Hall–Kier alpha value is 0.880. The highest BCUT2D eigenvalue weighted by Crippen LogP contribution is 2.15. The standard InChI is InChI=1S/C34H74N2.2BrH/c1-7-9-11-13-15-17-18-19-20-22-24-28-32-36(5,6)34-30-26-25-29-33-35(3,4)31-27-23-21-16-14-12-10-8-2;;/h7-34H2,1-6H3;2*1H/q+2;;/p-2. The zero-order valence-electron chi connectivity index (χ0n) is 27.4. The van der Waals surface area contributed by atoms with Crippen molar-refractivity contribution in [1.29, 1.82) is 0 Å². The molecule has 0 saturated carbocycles. The van der Waals surface area contributed by atoms with Gasteiger partial charge < -0.3 is 42.9 Å². The predicted molar refractivity (Wildman–Crippen MR) is 166 cm³/mol. The van der Waals surface area contributed by atoms with Gasteiger partial charge in [0.2, 0.25) is 0 Å². The molecule has 0 aromatic heterocycles. The van der Waals surface area contributed by atoms with Gasteiger partial charge in [0, 0.05) is 0 Å². The van der Waals surface area contributed by atoms with Crippen molar-refractivity contribution in [3.63, 3.8) is 0 Å². The third kappa shape index (κ3) is 33.1. The minimum absolute atomic E-state index is 0. The van der Waals surface area contributed by atoms with Gasteiger partial charge >= 0.3 is 0 Å². The fraction of sp³-hybridized carbons (Fsp3) is 1.00. The van der Waals surface area contributed by atoms with Crippen LogP contribution in [0.2, 0.25) is 0 Å². The Labute approximate surface area is 264 Å². The van der Waals surface area contributed by atoms with E-state index in [1.807, 2.05) is 0 Å². The first-order valence-corrected chi connectivity index (χ1v) is 17.0. The Kier molecular flexibility index (Phi) is 35.2. The zero-order chi connectivity index (χ0) is 26.8. The Morgan fingerprint density at radius 3 is 0.605 bits per heavy atom. The van der Waals surface area contributed by atoms with Crippen LogP contribution in [0.1, 0.15) is 168 Å². The molecule has 0 radical (unpaired) electrons. The van der Waals surface area contributed by atoms with Crippen molar-refractivity contribution in [1.82, 2.24) is 0 Å². The van der Waals surface area contributed by atoms with Crippen molar-refractivity contribution in [2.45, 2.75) is 168 Å². The zero-order valence-corrected chi connectivity index (χ0v) is 30.6. The van der Waals surface area contributed by atoms with Crippen molar-refractivity contribution >= 4 is 0 Å². The van der Waals surface area contributed by atoms with Gasteiger partial charge in [-0.05, 0) is 51.4 Å². The third-order valence-electron chi connectivity index (χ3n) is 8.51. The summed E-state index contributed by atoms with van der Waals surface area (Å²) < 4.78 is 2.47. The van der Waals surface area contributed by atoms with Crippen molar-refractivity contribution in [3.05, 3.63) is 0 Å². The second-order valence-corrected chi connectivity index (χ2v) is 13.5. The maximum Gasteiger partial charge on any atom is 0.0782 e. The van der Waals surface area contributed by atoms with Crippen LogP contribution in [0.15, 0.2) is 0 Å². The molecule has 0 saturated heterocycles. The molecule has 0 N–H and O–H groups in total. The van der Waals surface area contributed by atoms with E-state index in [2.05, 4.69) is 42.0 Å². The van der Waals surface area contributed by atoms with Gasteiger partial charge in [-0.25, -0.2) is 0 Å². The Morgan fingerprint density at radius 2 is 0.421 bits per heavy atom. The molecule has 0 aromatic rings. The van der Waals surface area contributed by atoms with Crippen LogP contribution < -0.4 is 34.0 Å². The minimum atomic E-state index is 0. The fourth-order valence-corrected chi connectivity index (χ4v) is 5.71. The molecule has 0 heterocycles. The second-order valence-electron chi connectivity index (χ2n) is 13.5. The molecule has 0 aliphatic carbocycles. The van der Waals surface area contributed by atoms with Crippen LogP contribution in [-0.4, -0.2) is 63.3 Å². The van der Waals surface area contributed by atoms with Crippen molar-refractivity contribution < 1.29 is 42.9 Å². The van der Waals surface area contributed by atoms with Gasteiger partial charge in [-0.2, -0.15) is 0 Å². The third-order valence-corrected chi connectivity index (χ3v) is 8.51. The van der Waals surface area contributed by atoms with E-state index >= 15 is 0 Å². The first-order valence-electron chi connectivity index (χ1n) is 17.0. The minimum Gasteiger partial charge on any atom is -1.00 e. The molecule has 0 amide bonds. The summed E-state index contributed by atoms with van der Waals surface area (Å²) in [6.45, 7) is 10.1. The van der Waals surface area contributed by atoms with E-state index in [1.54, 1.807) is 0 Å². The number of quaternary nitrogens is 2. The van der Waals surface area contributed by atoms with E-state index in [-0.39, 0.29) is 34.0 Å². The van der Waals surface area contributed by atoms with Gasteiger partial charge in [-0.1, -0.05) is 117 Å². The molecule has 0 aliphatic rings. The molecular weight excluding hydrogens is 596 g/mol. The molecule has 0 aliphatic heterocycles. The van der Waals surface area contributed by atoms with Gasteiger partial charge in [-0.15, -0.1) is 0 Å². The van der Waals surface area contributed by atoms with Crippen molar-refractivity contribution in [2.75, 3.05) is 54.4 Å². The molecular formula is C34H74Br2N2. The summed E-state index contributed by atoms with van der Waals surface area (Å²) in [5.41, 5.74) is 0. The first-order chi connectivity index (χ1) is 17.3. The molecule has 38 heavy (non-hydrogen) atoms. The normalized spacial score (nSPS) is 11.8. The summed E-state index contributed by atoms with van der Waals surface area (Å²) >= 11 is 0. The van der Waals surface area contributed by atoms with E-state index in [0.29, 0.717) is 0 Å². The summed E-state index contributed by atoms with van der Waals surface area (Å²) in [6.07, 6.45) is 34.6. The number of nitrogens with zero attached hydrogens (tertiary/aromatic N) is 2. The molecule has 0 fully saturated rings. The smallest absolute Gasteiger partial charge is 0.0782 e. The van der Waals surface area contributed by atoms with Gasteiger partial charge in [0.1, 0.15) is 0 Å². The number of halogens is 2. The molecule has 0 unspecified atom stereocenters. The summed E-state index contributed by atoms with van der Waals surface area (Å²) in [6, 6.07) is 0. The molecule has 0 atom stereocenters. The van der Waals surface area contributed by atoms with Crippen LogP contribution in [-0.2, 0) is 0 Å². The summed E-state index contributed by atoms with van der Waals surface area (Å²) in [7, 11) is 9.83. The highest BCUT2D eigenvalue weighted by Gasteiger charge is 2.15. The van der Waals surface area contributed by atoms with Crippen LogP contribution in [0, 0.1) is 0 Å². The van der Waals surface area contributed by atoms with E-state index in [4.69, 9.17) is 0 Å². The Balaban J connectivity index is -0.00000612. The van der Waals surface area contributed by atoms with Crippen molar-refractivity contribution in [2.24, 2.45) is 0 Å². The van der Waals surface area contributed by atoms with Gasteiger partial charge in [-0.3, -0.25) is 0 Å². The highest BCUT2D eigenvalue weighted by atomic mass is 79.9. The molecule has 0 spiro atoms. The number of unbranched alkanes of at least 4 members (excludes halogenated alkanes) is 21. The average Bonchev–Trinajstić information content (AvgIpc) is 2.83. The fourth-order valence-electron chi connectivity index (χ4n) is 5.71. The van der Waals surface area contributed by atoms with Crippen LogP contribution >= 0.6 is 0 Å². The van der Waals surface area contributed by atoms with Crippen LogP contribution in [0.5, 0.6) is 0 Å². The quantitative estimate of drug-likeness (QED) is 0.0810. The molecule has 234 valence electrons. The van der Waals surface area contributed by atoms with Gasteiger partial charge in [0.25, 0.3) is 0 Å². The molecule has 0 bridgehead atoms. The highest BCUT2D eigenvalue weighted by molar-refractivity contribution is 4.50. The monoisotopic (exact) mass is 668 g/mol. The van der Waals surface area contributed by atoms with Crippen molar-refractivity contribution in [3.8, 4) is 0 Å². The summed E-state index contributed by atoms with van der Waals surface area (Å²) in [4.78, 5) is 0. The van der Waals surface area contributed by atoms with Gasteiger partial charge in [0.15, 0.2) is 0 Å². The molecule has 4 heteroatoms. The number of rotatable bonds is 29. The number of hydrogen-bond donors (Lipinski definition) is 0. The van der Waals surface area contributed by atoms with Crippen LogP contribution in [0.4, 0.5) is 0 Å². The Morgan fingerprint density at radius 1 is 0.263 bits per heavy atom. The maximum atomic E-state index is 2.46. The average molecular weight is 671 g/mol. The molecule has 0 aromatic carbocycles. The van der Waals surface area contributed by atoms with Crippen LogP contribution in [0.25, 0.3) is 0 Å². The van der Waals surface area contributed by atoms with Crippen LogP contribution in [0.3, 0.4) is 0 Å². The lowest BCUT2D eigenvalue weighted by molar-refractivity contribution is -0.891. The molecule has 0 rings (SSSR count). The molecule has 2 nitrogen and oxygen atoms in total. The van der Waals surface area contributed by atoms with E-state index in [0.717, 1.165) is 0 Å². The lowest BCUT2D eigenvalue weighted by atomic mass is 10.1. The van der Waals surface area contributed by atoms with E-state index < -0.39 is 0 Å². The summed E-state index contributed by atoms with van der Waals surface area (Å²) in [5, 5.41) is 0. The topological polar surface area (TPSA) is 0 Å². The second kappa shape index (κ2) is 30.8. The lowest BCUT2D eigenvalue weighted by Crippen LogP contribution is -3.00. The van der Waals surface area contributed by atoms with E-state index in [9.17, 15) is 0 Å². The number of hydrogen-bond acceptors (Lipinski definition) is 0. The Bertz CT molecular complexity index is 440. The largest absolute Gasteiger partial charge is 1.00 e.